The van der Waals surface area contributed by atoms with Crippen molar-refractivity contribution in [3.8, 4) is 11.5 Å². The second-order valence-electron chi connectivity index (χ2n) is 9.51. The van der Waals surface area contributed by atoms with Crippen LogP contribution in [0.25, 0.3) is 5.57 Å². The minimum absolute atomic E-state index is 0.0105. The van der Waals surface area contributed by atoms with E-state index in [2.05, 4.69) is 80.7 Å². The van der Waals surface area contributed by atoms with E-state index in [1.54, 1.807) is 14.2 Å². The fourth-order valence-corrected chi connectivity index (χ4v) is 5.90. The number of methoxy groups -OCH3 is 2. The predicted octanol–water partition coefficient (Wildman–Crippen LogP) is 5.68. The maximum absolute atomic E-state index is 5.82. The number of ether oxygens (including phenoxy) is 2. The third-order valence-corrected chi connectivity index (χ3v) is 6.99. The lowest BCUT2D eigenvalue weighted by Gasteiger charge is -2.46. The van der Waals surface area contributed by atoms with E-state index in [0.29, 0.717) is 17.9 Å². The van der Waals surface area contributed by atoms with Crippen molar-refractivity contribution in [2.24, 2.45) is 5.92 Å². The van der Waals surface area contributed by atoms with Gasteiger partial charge in [0.1, 0.15) is 11.5 Å². The molecule has 3 nitrogen and oxygen atoms in total. The molecule has 31 heavy (non-hydrogen) atoms. The van der Waals surface area contributed by atoms with Crippen LogP contribution < -0.4 is 14.8 Å². The van der Waals surface area contributed by atoms with Gasteiger partial charge in [0.25, 0.3) is 0 Å². The molecule has 3 unspecified atom stereocenters. The van der Waals surface area contributed by atoms with Gasteiger partial charge < -0.3 is 14.8 Å². The maximum Gasteiger partial charge on any atom is 0.126 e. The van der Waals surface area contributed by atoms with E-state index >= 15 is 0 Å². The van der Waals surface area contributed by atoms with Gasteiger partial charge in [0, 0.05) is 29.0 Å². The first-order valence-electron chi connectivity index (χ1n) is 11.1. The first-order valence-corrected chi connectivity index (χ1v) is 11.1. The molecular weight excluding hydrogens is 382 g/mol. The number of hydrogen-bond acceptors (Lipinski definition) is 3. The highest BCUT2D eigenvalue weighted by atomic mass is 16.5. The van der Waals surface area contributed by atoms with Gasteiger partial charge in [-0.1, -0.05) is 48.1 Å². The van der Waals surface area contributed by atoms with E-state index in [9.17, 15) is 0 Å². The maximum atomic E-state index is 5.82. The molecule has 3 aliphatic rings. The molecule has 160 valence electrons. The summed E-state index contributed by atoms with van der Waals surface area (Å²) in [4.78, 5) is 0. The Morgan fingerprint density at radius 3 is 2.61 bits per heavy atom. The minimum Gasteiger partial charge on any atom is -0.497 e. The fraction of sp³-hybridized carbons (Fsp3) is 0.357. The summed E-state index contributed by atoms with van der Waals surface area (Å²) in [5.74, 6) is 2.51. The Morgan fingerprint density at radius 2 is 1.84 bits per heavy atom. The Balaban J connectivity index is 1.75. The first-order chi connectivity index (χ1) is 14.9. The summed E-state index contributed by atoms with van der Waals surface area (Å²) in [6, 6.07) is 15.3. The smallest absolute Gasteiger partial charge is 0.126 e. The third-order valence-electron chi connectivity index (χ3n) is 6.99. The highest BCUT2D eigenvalue weighted by molar-refractivity contribution is 5.87. The van der Waals surface area contributed by atoms with E-state index < -0.39 is 0 Å². The molecule has 0 aromatic heterocycles. The average molecular weight is 414 g/mol. The number of allylic oxidation sites excluding steroid dienone is 2. The van der Waals surface area contributed by atoms with Crippen molar-refractivity contribution in [3.05, 3.63) is 88.5 Å². The molecule has 0 bridgehead atoms. The van der Waals surface area contributed by atoms with E-state index in [4.69, 9.17) is 9.47 Å². The van der Waals surface area contributed by atoms with Crippen LogP contribution in [0.4, 0.5) is 0 Å². The average Bonchev–Trinajstić information content (AvgIpc) is 2.76. The van der Waals surface area contributed by atoms with Gasteiger partial charge in [-0.25, -0.2) is 0 Å². The van der Waals surface area contributed by atoms with Gasteiger partial charge >= 0.3 is 0 Å². The normalized spacial score (nSPS) is 25.8. The van der Waals surface area contributed by atoms with Crippen LogP contribution in [0.1, 0.15) is 43.4 Å². The zero-order valence-corrected chi connectivity index (χ0v) is 19.0. The van der Waals surface area contributed by atoms with Crippen molar-refractivity contribution in [2.45, 2.75) is 44.7 Å². The molecule has 1 heterocycles. The summed E-state index contributed by atoms with van der Waals surface area (Å²) in [6.45, 7) is 6.80. The molecule has 0 spiro atoms. The number of nitrogens with one attached hydrogen (secondary N) is 1. The van der Waals surface area contributed by atoms with Crippen LogP contribution in [0, 0.1) is 5.92 Å². The zero-order chi connectivity index (χ0) is 21.8. The molecule has 1 N–H and O–H groups in total. The van der Waals surface area contributed by atoms with Crippen molar-refractivity contribution in [3.63, 3.8) is 0 Å². The first kappa shape index (κ1) is 20.1. The van der Waals surface area contributed by atoms with Gasteiger partial charge in [-0.2, -0.15) is 0 Å². The minimum atomic E-state index is -0.0105. The van der Waals surface area contributed by atoms with Crippen LogP contribution in [-0.2, 0) is 6.42 Å². The van der Waals surface area contributed by atoms with Crippen LogP contribution in [0.15, 0.2) is 71.8 Å². The highest BCUT2D eigenvalue weighted by Crippen LogP contribution is 2.52. The number of rotatable bonds is 3. The molecular formula is C28H31NO2. The van der Waals surface area contributed by atoms with Gasteiger partial charge in [-0.15, -0.1) is 0 Å². The molecule has 0 amide bonds. The number of benzene rings is 2. The van der Waals surface area contributed by atoms with Gasteiger partial charge in [0.05, 0.1) is 14.2 Å². The number of fused-ring (bicyclic) bond motifs is 4. The molecule has 2 aromatic rings. The van der Waals surface area contributed by atoms with E-state index in [1.165, 1.54) is 33.4 Å². The van der Waals surface area contributed by atoms with Crippen molar-refractivity contribution >= 4 is 5.57 Å². The Labute approximate surface area is 185 Å². The van der Waals surface area contributed by atoms with Gasteiger partial charge in [-0.05, 0) is 67.7 Å². The molecule has 0 saturated carbocycles. The monoisotopic (exact) mass is 413 g/mol. The molecule has 3 heteroatoms. The molecule has 5 rings (SSSR count). The lowest BCUT2D eigenvalue weighted by Crippen LogP contribution is -2.53. The summed E-state index contributed by atoms with van der Waals surface area (Å²) in [5.41, 5.74) is 8.16. The molecule has 0 radical (unpaired) electrons. The fourth-order valence-electron chi connectivity index (χ4n) is 5.90. The summed E-state index contributed by atoms with van der Waals surface area (Å²) in [5, 5.41) is 3.85. The third kappa shape index (κ3) is 3.32. The molecule has 3 atom stereocenters. The van der Waals surface area contributed by atoms with Gasteiger partial charge in [0.15, 0.2) is 0 Å². The Kier molecular flexibility index (Phi) is 4.82. The number of hydrogen-bond donors (Lipinski definition) is 1. The second kappa shape index (κ2) is 7.42. The Hall–Kier alpha value is -2.78. The lowest BCUT2D eigenvalue weighted by atomic mass is 9.64. The summed E-state index contributed by atoms with van der Waals surface area (Å²) >= 11 is 0. The summed E-state index contributed by atoms with van der Waals surface area (Å²) in [6.07, 6.45) is 8.04. The van der Waals surface area contributed by atoms with E-state index in [1.807, 2.05) is 6.07 Å². The molecule has 2 aliphatic carbocycles. The topological polar surface area (TPSA) is 30.5 Å². The SMILES string of the molecule is COc1cccc(C2Cc3cccc(OC)c3C3=C2C2C(C)=CC(C)(C)NC2C=C3)c1. The Morgan fingerprint density at radius 1 is 1.03 bits per heavy atom. The van der Waals surface area contributed by atoms with Crippen molar-refractivity contribution in [1.29, 1.82) is 0 Å². The highest BCUT2D eigenvalue weighted by Gasteiger charge is 2.42. The van der Waals surface area contributed by atoms with Crippen LogP contribution in [0.5, 0.6) is 11.5 Å². The van der Waals surface area contributed by atoms with Crippen LogP contribution in [0.3, 0.4) is 0 Å². The van der Waals surface area contributed by atoms with Crippen LogP contribution in [0.2, 0.25) is 0 Å². The predicted molar refractivity (Wildman–Crippen MR) is 127 cm³/mol. The van der Waals surface area contributed by atoms with Crippen molar-refractivity contribution in [2.75, 3.05) is 14.2 Å². The van der Waals surface area contributed by atoms with Gasteiger partial charge in [0.2, 0.25) is 0 Å². The summed E-state index contributed by atoms with van der Waals surface area (Å²) < 4.78 is 11.4. The van der Waals surface area contributed by atoms with Crippen LogP contribution in [-0.4, -0.2) is 25.8 Å². The van der Waals surface area contributed by atoms with Gasteiger partial charge in [-0.3, -0.25) is 0 Å². The quantitative estimate of drug-likeness (QED) is 0.657. The van der Waals surface area contributed by atoms with E-state index in [0.717, 1.165) is 17.9 Å². The van der Waals surface area contributed by atoms with Crippen LogP contribution >= 0.6 is 0 Å². The summed E-state index contributed by atoms with van der Waals surface area (Å²) in [7, 11) is 3.51. The molecule has 0 saturated heterocycles. The Bertz CT molecular complexity index is 1120. The second-order valence-corrected chi connectivity index (χ2v) is 9.51. The zero-order valence-electron chi connectivity index (χ0n) is 19.0. The largest absolute Gasteiger partial charge is 0.497 e. The molecule has 1 aliphatic heterocycles. The lowest BCUT2D eigenvalue weighted by molar-refractivity contribution is 0.349. The van der Waals surface area contributed by atoms with Crippen molar-refractivity contribution < 1.29 is 9.47 Å². The molecule has 2 aromatic carbocycles. The van der Waals surface area contributed by atoms with E-state index in [-0.39, 0.29) is 5.54 Å². The standard InChI is InChI=1S/C28H31NO2/c1-17-16-28(2,3)29-23-13-12-21-26-19(9-7-11-24(26)31-5)15-22(27(21)25(17)23)18-8-6-10-20(14-18)30-4/h6-14,16,22-23,25,29H,15H2,1-5H3. The van der Waals surface area contributed by atoms with Crippen molar-refractivity contribution in [1.82, 2.24) is 5.32 Å². The molecule has 0 fully saturated rings.